The number of aromatic nitrogens is 2. The van der Waals surface area contributed by atoms with Gasteiger partial charge in [-0.05, 0) is 32.9 Å². The lowest BCUT2D eigenvalue weighted by atomic mass is 9.92. The fourth-order valence-corrected chi connectivity index (χ4v) is 3.53. The Hall–Kier alpha value is -2.81. The first-order chi connectivity index (χ1) is 11.8. The number of carbonyl (C=O) groups is 2. The van der Waals surface area contributed by atoms with Crippen LogP contribution in [0.25, 0.3) is 0 Å². The summed E-state index contributed by atoms with van der Waals surface area (Å²) < 4.78 is 0. The van der Waals surface area contributed by atoms with Crippen LogP contribution in [0.2, 0.25) is 0 Å². The van der Waals surface area contributed by atoms with E-state index in [-0.39, 0.29) is 24.2 Å². The van der Waals surface area contributed by atoms with E-state index in [2.05, 4.69) is 25.6 Å². The van der Waals surface area contributed by atoms with E-state index >= 15 is 0 Å². The Kier molecular flexibility index (Phi) is 4.25. The van der Waals surface area contributed by atoms with Gasteiger partial charge < -0.3 is 11.1 Å². The largest absolute Gasteiger partial charge is 0.370 e. The Morgan fingerprint density at radius 1 is 1.44 bits per heavy atom. The Labute approximate surface area is 148 Å². The second-order valence-electron chi connectivity index (χ2n) is 6.03. The molecule has 0 aromatic carbocycles. The van der Waals surface area contributed by atoms with Crippen LogP contribution in [0.3, 0.4) is 0 Å². The molecule has 25 heavy (non-hydrogen) atoms. The van der Waals surface area contributed by atoms with Crippen molar-refractivity contribution < 1.29 is 9.59 Å². The van der Waals surface area contributed by atoms with Crippen molar-refractivity contribution in [3.8, 4) is 0 Å². The second kappa shape index (κ2) is 6.25. The van der Waals surface area contributed by atoms with E-state index < -0.39 is 5.54 Å². The number of rotatable bonds is 3. The summed E-state index contributed by atoms with van der Waals surface area (Å²) in [5.41, 5.74) is 6.62. The summed E-state index contributed by atoms with van der Waals surface area (Å²) in [6.07, 6.45) is 1.70. The van der Waals surface area contributed by atoms with Crippen LogP contribution < -0.4 is 16.4 Å². The van der Waals surface area contributed by atoms with Crippen LogP contribution in [0.5, 0.6) is 0 Å². The molecule has 0 fully saturated rings. The SMILES string of the molecule is Cc1nc(C)c(C(=O)Nc2ccnc(C3(C)CC(=O)NC(N)=N3)c2)s1. The van der Waals surface area contributed by atoms with Gasteiger partial charge in [-0.3, -0.25) is 19.9 Å². The van der Waals surface area contributed by atoms with E-state index in [1.807, 2.05) is 6.92 Å². The molecule has 130 valence electrons. The molecule has 0 saturated carbocycles. The van der Waals surface area contributed by atoms with Crippen molar-refractivity contribution in [3.63, 3.8) is 0 Å². The first-order valence-corrected chi connectivity index (χ1v) is 8.45. The summed E-state index contributed by atoms with van der Waals surface area (Å²) in [5.74, 6) is -0.387. The van der Waals surface area contributed by atoms with E-state index in [1.54, 1.807) is 32.2 Å². The lowest BCUT2D eigenvalue weighted by Gasteiger charge is -2.28. The molecular formula is C16H18N6O2S. The standard InChI is InChI=1S/C16H18N6O2S/c1-8-13(25-9(2)19-8)14(24)20-10-4-5-18-11(6-10)16(3)7-12(23)21-15(17)22-16/h4-6H,7H2,1-3H3,(H,18,20,24)(H3,17,21,22,23). The number of nitrogens with two attached hydrogens (primary N) is 1. The van der Waals surface area contributed by atoms with Crippen LogP contribution in [-0.2, 0) is 10.3 Å². The number of aliphatic imine (C=N–C) groups is 1. The zero-order chi connectivity index (χ0) is 18.2. The van der Waals surface area contributed by atoms with Crippen molar-refractivity contribution in [2.75, 3.05) is 5.32 Å². The molecule has 8 nitrogen and oxygen atoms in total. The maximum absolute atomic E-state index is 12.4. The Balaban J connectivity index is 1.87. The highest BCUT2D eigenvalue weighted by molar-refractivity contribution is 7.13. The van der Waals surface area contributed by atoms with Gasteiger partial charge in [0.2, 0.25) is 5.91 Å². The van der Waals surface area contributed by atoms with Gasteiger partial charge in [0, 0.05) is 11.9 Å². The molecule has 0 saturated heterocycles. The van der Waals surface area contributed by atoms with Crippen molar-refractivity contribution in [1.82, 2.24) is 15.3 Å². The van der Waals surface area contributed by atoms with E-state index in [0.29, 0.717) is 22.0 Å². The third-order valence-electron chi connectivity index (χ3n) is 3.82. The Morgan fingerprint density at radius 2 is 2.20 bits per heavy atom. The van der Waals surface area contributed by atoms with E-state index in [0.717, 1.165) is 5.01 Å². The van der Waals surface area contributed by atoms with Crippen LogP contribution in [0.1, 0.15) is 39.4 Å². The highest BCUT2D eigenvalue weighted by atomic mass is 32.1. The molecule has 1 unspecified atom stereocenters. The fraction of sp³-hybridized carbons (Fsp3) is 0.312. The van der Waals surface area contributed by atoms with E-state index in [1.165, 1.54) is 11.3 Å². The summed E-state index contributed by atoms with van der Waals surface area (Å²) in [4.78, 5) is 37.7. The van der Waals surface area contributed by atoms with Gasteiger partial charge in [-0.2, -0.15) is 0 Å². The highest BCUT2D eigenvalue weighted by Crippen LogP contribution is 2.31. The lowest BCUT2D eigenvalue weighted by molar-refractivity contribution is -0.121. The maximum atomic E-state index is 12.4. The predicted molar refractivity (Wildman–Crippen MR) is 95.5 cm³/mol. The number of hydrogen-bond donors (Lipinski definition) is 3. The zero-order valence-electron chi connectivity index (χ0n) is 14.1. The molecule has 0 spiro atoms. The number of carbonyl (C=O) groups excluding carboxylic acids is 2. The molecule has 1 aliphatic rings. The van der Waals surface area contributed by atoms with E-state index in [9.17, 15) is 9.59 Å². The number of anilines is 1. The number of amides is 2. The van der Waals surface area contributed by atoms with Crippen molar-refractivity contribution in [2.24, 2.45) is 10.7 Å². The lowest BCUT2D eigenvalue weighted by Crippen LogP contribution is -2.46. The first-order valence-electron chi connectivity index (χ1n) is 7.64. The number of nitrogens with zero attached hydrogens (tertiary/aromatic N) is 3. The number of nitrogens with one attached hydrogen (secondary N) is 2. The minimum atomic E-state index is -0.871. The number of aryl methyl sites for hydroxylation is 2. The number of pyridine rings is 1. The summed E-state index contributed by atoms with van der Waals surface area (Å²) in [6.45, 7) is 5.44. The van der Waals surface area contributed by atoms with Gasteiger partial charge >= 0.3 is 0 Å². The van der Waals surface area contributed by atoms with Gasteiger partial charge in [0.1, 0.15) is 10.4 Å². The minimum absolute atomic E-state index is 0.0609. The number of thiazole rings is 1. The average molecular weight is 358 g/mol. The molecule has 0 aliphatic carbocycles. The molecule has 3 rings (SSSR count). The Morgan fingerprint density at radius 3 is 2.84 bits per heavy atom. The van der Waals surface area contributed by atoms with Crippen molar-refractivity contribution in [3.05, 3.63) is 39.6 Å². The molecule has 1 aliphatic heterocycles. The molecule has 0 radical (unpaired) electrons. The van der Waals surface area contributed by atoms with Gasteiger partial charge in [-0.15, -0.1) is 11.3 Å². The van der Waals surface area contributed by atoms with Crippen molar-refractivity contribution in [2.45, 2.75) is 32.7 Å². The fourth-order valence-electron chi connectivity index (χ4n) is 2.71. The minimum Gasteiger partial charge on any atom is -0.370 e. The van der Waals surface area contributed by atoms with Crippen molar-refractivity contribution in [1.29, 1.82) is 0 Å². The van der Waals surface area contributed by atoms with E-state index in [4.69, 9.17) is 5.73 Å². The summed E-state index contributed by atoms with van der Waals surface area (Å²) in [5, 5.41) is 6.15. The van der Waals surface area contributed by atoms with Crippen LogP contribution in [0.15, 0.2) is 23.3 Å². The predicted octanol–water partition coefficient (Wildman–Crippen LogP) is 1.46. The first kappa shape index (κ1) is 17.0. The van der Waals surface area contributed by atoms with Crippen molar-refractivity contribution >= 4 is 34.8 Å². The van der Waals surface area contributed by atoms with Gasteiger partial charge in [0.05, 0.1) is 22.8 Å². The van der Waals surface area contributed by atoms with Crippen LogP contribution in [0.4, 0.5) is 5.69 Å². The van der Waals surface area contributed by atoms with Crippen LogP contribution in [0, 0.1) is 13.8 Å². The summed E-state index contributed by atoms with van der Waals surface area (Å²) in [7, 11) is 0. The number of guanidine groups is 1. The van der Waals surface area contributed by atoms with Crippen LogP contribution in [-0.4, -0.2) is 27.7 Å². The molecule has 9 heteroatoms. The average Bonchev–Trinajstić information content (AvgIpc) is 2.85. The molecule has 0 bridgehead atoms. The second-order valence-corrected chi connectivity index (χ2v) is 7.23. The van der Waals surface area contributed by atoms with Gasteiger partial charge in [0.15, 0.2) is 5.96 Å². The molecule has 3 heterocycles. The van der Waals surface area contributed by atoms with Gasteiger partial charge in [-0.25, -0.2) is 9.98 Å². The molecular weight excluding hydrogens is 340 g/mol. The molecule has 4 N–H and O–H groups in total. The highest BCUT2D eigenvalue weighted by Gasteiger charge is 2.35. The Bertz CT molecular complexity index is 891. The quantitative estimate of drug-likeness (QED) is 0.766. The van der Waals surface area contributed by atoms with Crippen LogP contribution >= 0.6 is 11.3 Å². The smallest absolute Gasteiger partial charge is 0.267 e. The topological polar surface area (TPSA) is 122 Å². The third-order valence-corrected chi connectivity index (χ3v) is 4.89. The summed E-state index contributed by atoms with van der Waals surface area (Å²) >= 11 is 1.34. The molecule has 2 aromatic heterocycles. The van der Waals surface area contributed by atoms with Gasteiger partial charge in [0.25, 0.3) is 5.91 Å². The maximum Gasteiger partial charge on any atom is 0.267 e. The summed E-state index contributed by atoms with van der Waals surface area (Å²) in [6, 6.07) is 3.39. The zero-order valence-corrected chi connectivity index (χ0v) is 14.9. The van der Waals surface area contributed by atoms with Gasteiger partial charge in [-0.1, -0.05) is 0 Å². The molecule has 2 amide bonds. The normalized spacial score (nSPS) is 20.0. The number of hydrogen-bond acceptors (Lipinski definition) is 7. The monoisotopic (exact) mass is 358 g/mol. The third kappa shape index (κ3) is 3.50. The molecule has 2 aromatic rings. The molecule has 1 atom stereocenters.